The van der Waals surface area contributed by atoms with Gasteiger partial charge in [0.25, 0.3) is 0 Å². The molecule has 1 atom stereocenters. The molecule has 2 aromatic rings. The Balaban J connectivity index is 2.29. The highest BCUT2D eigenvalue weighted by atomic mass is 79.9. The largest absolute Gasteiger partial charge is 0.271 e. The molecule has 1 unspecified atom stereocenters. The van der Waals surface area contributed by atoms with Gasteiger partial charge in [-0.05, 0) is 51.5 Å². The molecule has 0 aliphatic rings. The Labute approximate surface area is 128 Å². The summed E-state index contributed by atoms with van der Waals surface area (Å²) in [6.45, 7) is 4.45. The van der Waals surface area contributed by atoms with Crippen LogP contribution in [0.2, 0.25) is 0 Å². The van der Waals surface area contributed by atoms with Crippen molar-refractivity contribution in [1.29, 1.82) is 0 Å². The number of benzene rings is 1. The molecule has 4 heteroatoms. The number of rotatable bonds is 5. The Morgan fingerprint density at radius 3 is 2.65 bits per heavy atom. The molecular weight excluding hydrogens is 314 g/mol. The second kappa shape index (κ2) is 6.97. The topological polar surface area (TPSA) is 50.9 Å². The van der Waals surface area contributed by atoms with Crippen LogP contribution in [-0.2, 0) is 6.42 Å². The Hall–Kier alpha value is -1.23. The zero-order chi connectivity index (χ0) is 14.5. The van der Waals surface area contributed by atoms with Gasteiger partial charge in [0.05, 0.1) is 11.7 Å². The van der Waals surface area contributed by atoms with Crippen LogP contribution in [0.4, 0.5) is 0 Å². The highest BCUT2D eigenvalue weighted by Gasteiger charge is 2.14. The lowest BCUT2D eigenvalue weighted by molar-refractivity contribution is 0.615. The lowest BCUT2D eigenvalue weighted by Crippen LogP contribution is -2.29. The van der Waals surface area contributed by atoms with E-state index in [-0.39, 0.29) is 6.04 Å². The number of nitrogens with one attached hydrogen (secondary N) is 1. The van der Waals surface area contributed by atoms with E-state index in [9.17, 15) is 0 Å². The molecule has 20 heavy (non-hydrogen) atoms. The molecular formula is C16H20BrN3. The summed E-state index contributed by atoms with van der Waals surface area (Å²) >= 11 is 3.40. The summed E-state index contributed by atoms with van der Waals surface area (Å²) in [5.74, 6) is 6.36. The highest BCUT2D eigenvalue weighted by molar-refractivity contribution is 9.10. The van der Waals surface area contributed by atoms with Crippen molar-refractivity contribution in [2.45, 2.75) is 26.3 Å². The van der Waals surface area contributed by atoms with Crippen molar-refractivity contribution >= 4 is 15.9 Å². The monoisotopic (exact) mass is 333 g/mol. The Kier molecular flexibility index (Phi) is 5.29. The summed E-state index contributed by atoms with van der Waals surface area (Å²) in [4.78, 5) is 4.43. The average molecular weight is 334 g/mol. The molecule has 1 aromatic heterocycles. The van der Waals surface area contributed by atoms with Crippen LogP contribution in [0.1, 0.15) is 36.7 Å². The number of pyridine rings is 1. The molecule has 1 aromatic carbocycles. The van der Waals surface area contributed by atoms with Crippen molar-refractivity contribution in [3.63, 3.8) is 0 Å². The number of nitrogens with zero attached hydrogens (tertiary/aromatic N) is 1. The average Bonchev–Trinajstić information content (AvgIpc) is 2.41. The van der Waals surface area contributed by atoms with E-state index in [1.165, 1.54) is 5.56 Å². The van der Waals surface area contributed by atoms with Crippen molar-refractivity contribution in [2.75, 3.05) is 0 Å². The third kappa shape index (κ3) is 3.88. The van der Waals surface area contributed by atoms with Gasteiger partial charge in [0.2, 0.25) is 0 Å². The van der Waals surface area contributed by atoms with E-state index in [1.807, 2.05) is 12.1 Å². The van der Waals surface area contributed by atoms with Crippen LogP contribution in [0.25, 0.3) is 0 Å². The van der Waals surface area contributed by atoms with Gasteiger partial charge in [-0.1, -0.05) is 38.1 Å². The van der Waals surface area contributed by atoms with Gasteiger partial charge < -0.3 is 0 Å². The summed E-state index contributed by atoms with van der Waals surface area (Å²) in [6.07, 6.45) is 2.86. The second-order valence-electron chi connectivity index (χ2n) is 5.34. The summed E-state index contributed by atoms with van der Waals surface area (Å²) < 4.78 is 0.963. The quantitative estimate of drug-likeness (QED) is 0.649. The summed E-state index contributed by atoms with van der Waals surface area (Å²) in [7, 11) is 0. The first-order valence-electron chi connectivity index (χ1n) is 6.76. The van der Waals surface area contributed by atoms with Crippen molar-refractivity contribution in [2.24, 2.45) is 11.8 Å². The fourth-order valence-corrected chi connectivity index (χ4v) is 2.52. The van der Waals surface area contributed by atoms with E-state index in [2.05, 4.69) is 64.5 Å². The van der Waals surface area contributed by atoms with Gasteiger partial charge in [-0.15, -0.1) is 0 Å². The number of nitrogens with two attached hydrogens (primary N) is 1. The summed E-state index contributed by atoms with van der Waals surface area (Å²) in [5.41, 5.74) is 6.24. The number of hydrogen-bond donors (Lipinski definition) is 2. The molecule has 3 N–H and O–H groups in total. The van der Waals surface area contributed by atoms with E-state index in [0.717, 1.165) is 22.2 Å². The SMILES string of the molecule is CC(C)Cc1cccc(C(NN)c2ccc(Br)cn2)c1. The molecule has 0 saturated heterocycles. The van der Waals surface area contributed by atoms with Gasteiger partial charge in [-0.25, -0.2) is 5.43 Å². The second-order valence-corrected chi connectivity index (χ2v) is 6.26. The maximum atomic E-state index is 5.72. The Bertz CT molecular complexity index is 552. The first kappa shape index (κ1) is 15.2. The van der Waals surface area contributed by atoms with Crippen LogP contribution in [0.15, 0.2) is 47.1 Å². The molecule has 3 nitrogen and oxygen atoms in total. The maximum absolute atomic E-state index is 5.72. The van der Waals surface area contributed by atoms with Crippen molar-refractivity contribution in [3.05, 3.63) is 63.9 Å². The molecule has 2 rings (SSSR count). The molecule has 0 aliphatic heterocycles. The number of hydrogen-bond acceptors (Lipinski definition) is 3. The third-order valence-corrected chi connectivity index (χ3v) is 3.61. The minimum atomic E-state index is -0.0878. The standard InChI is InChI=1S/C16H20BrN3/c1-11(2)8-12-4-3-5-13(9-12)16(20-18)15-7-6-14(17)10-19-15/h3-7,9-11,16,20H,8,18H2,1-2H3. The van der Waals surface area contributed by atoms with Gasteiger partial charge in [0.15, 0.2) is 0 Å². The molecule has 0 fully saturated rings. The van der Waals surface area contributed by atoms with Crippen molar-refractivity contribution in [1.82, 2.24) is 10.4 Å². The predicted molar refractivity (Wildman–Crippen MR) is 86.1 cm³/mol. The zero-order valence-electron chi connectivity index (χ0n) is 11.8. The van der Waals surface area contributed by atoms with Crippen LogP contribution in [0, 0.1) is 5.92 Å². The third-order valence-electron chi connectivity index (χ3n) is 3.14. The molecule has 1 heterocycles. The lowest BCUT2D eigenvalue weighted by atomic mass is 9.97. The first-order valence-corrected chi connectivity index (χ1v) is 7.56. The van der Waals surface area contributed by atoms with Gasteiger partial charge in [-0.2, -0.15) is 0 Å². The fourth-order valence-electron chi connectivity index (χ4n) is 2.28. The van der Waals surface area contributed by atoms with E-state index < -0.39 is 0 Å². The van der Waals surface area contributed by atoms with Gasteiger partial charge in [-0.3, -0.25) is 10.8 Å². The number of hydrazine groups is 1. The molecule has 0 aliphatic carbocycles. The van der Waals surface area contributed by atoms with Crippen LogP contribution in [0.3, 0.4) is 0 Å². The molecule has 0 radical (unpaired) electrons. The minimum Gasteiger partial charge on any atom is -0.271 e. The fraction of sp³-hybridized carbons (Fsp3) is 0.312. The molecule has 0 spiro atoms. The smallest absolute Gasteiger partial charge is 0.0881 e. The van der Waals surface area contributed by atoms with Crippen LogP contribution >= 0.6 is 15.9 Å². The van der Waals surface area contributed by atoms with E-state index in [1.54, 1.807) is 6.20 Å². The Morgan fingerprint density at radius 1 is 1.25 bits per heavy atom. The van der Waals surface area contributed by atoms with Gasteiger partial charge >= 0.3 is 0 Å². The van der Waals surface area contributed by atoms with Crippen LogP contribution in [-0.4, -0.2) is 4.98 Å². The molecule has 106 valence electrons. The predicted octanol–water partition coefficient (Wildman–Crippen LogP) is 3.60. The highest BCUT2D eigenvalue weighted by Crippen LogP contribution is 2.22. The number of halogens is 1. The first-order chi connectivity index (χ1) is 9.60. The zero-order valence-corrected chi connectivity index (χ0v) is 13.4. The molecule has 0 bridgehead atoms. The Morgan fingerprint density at radius 2 is 2.05 bits per heavy atom. The number of aromatic nitrogens is 1. The van der Waals surface area contributed by atoms with Crippen LogP contribution in [0.5, 0.6) is 0 Å². The van der Waals surface area contributed by atoms with E-state index >= 15 is 0 Å². The normalized spacial score (nSPS) is 12.7. The minimum absolute atomic E-state index is 0.0878. The molecule has 0 amide bonds. The lowest BCUT2D eigenvalue weighted by Gasteiger charge is -2.17. The van der Waals surface area contributed by atoms with Crippen molar-refractivity contribution in [3.8, 4) is 0 Å². The molecule has 0 saturated carbocycles. The van der Waals surface area contributed by atoms with E-state index in [4.69, 9.17) is 5.84 Å². The van der Waals surface area contributed by atoms with E-state index in [0.29, 0.717) is 5.92 Å². The van der Waals surface area contributed by atoms with Crippen LogP contribution < -0.4 is 11.3 Å². The maximum Gasteiger partial charge on any atom is 0.0881 e. The summed E-state index contributed by atoms with van der Waals surface area (Å²) in [6, 6.07) is 12.4. The van der Waals surface area contributed by atoms with Gasteiger partial charge in [0, 0.05) is 10.7 Å². The van der Waals surface area contributed by atoms with Gasteiger partial charge in [0.1, 0.15) is 0 Å². The summed E-state index contributed by atoms with van der Waals surface area (Å²) in [5, 5.41) is 0. The van der Waals surface area contributed by atoms with Crippen molar-refractivity contribution < 1.29 is 0 Å².